The van der Waals surface area contributed by atoms with Crippen molar-refractivity contribution in [2.45, 2.75) is 50.6 Å². The fraction of sp³-hybridized carbons (Fsp3) is 0.267. The molecule has 5 rings (SSSR count). The highest BCUT2D eigenvalue weighted by Gasteiger charge is 2.52. The van der Waals surface area contributed by atoms with E-state index in [9.17, 15) is 8.42 Å². The van der Waals surface area contributed by atoms with E-state index in [0.29, 0.717) is 0 Å². The number of rotatable bonds is 5. The molecule has 2 N–H and O–H groups in total. The van der Waals surface area contributed by atoms with Gasteiger partial charge in [-0.05, 0) is 52.5 Å². The second-order valence-corrected chi connectivity index (χ2v) is 17.2. The van der Waals surface area contributed by atoms with Gasteiger partial charge in [0.1, 0.15) is 0 Å². The van der Waals surface area contributed by atoms with Crippen molar-refractivity contribution < 1.29 is 17.4 Å². The van der Waals surface area contributed by atoms with Crippen LogP contribution in [0.3, 0.4) is 0 Å². The minimum atomic E-state index is -4.02. The van der Waals surface area contributed by atoms with Crippen LogP contribution in [0.5, 0.6) is 5.06 Å². The molecule has 0 bridgehead atoms. The molecule has 0 saturated heterocycles. The Balaban J connectivity index is 0.000000257. The second kappa shape index (κ2) is 11.6. The normalized spacial score (nSPS) is 13.7. The van der Waals surface area contributed by atoms with Gasteiger partial charge >= 0.3 is 8.32 Å². The van der Waals surface area contributed by atoms with Gasteiger partial charge in [0.2, 0.25) is 0 Å². The zero-order valence-electron chi connectivity index (χ0n) is 22.3. The van der Waals surface area contributed by atoms with E-state index in [1.807, 2.05) is 18.3 Å². The average Bonchev–Trinajstić information content (AvgIpc) is 3.30. The number of fused-ring (bicyclic) bond motifs is 1. The van der Waals surface area contributed by atoms with Crippen LogP contribution in [0.25, 0.3) is 0 Å². The smallest absolute Gasteiger partial charge is 0.321 e. The predicted octanol–water partition coefficient (Wildman–Crippen LogP) is 5.57. The molecule has 8 heteroatoms. The lowest BCUT2D eigenvalue weighted by Gasteiger charge is -2.42. The molecule has 1 aliphatic heterocycles. The standard InChI is InChI=1S/C23H27NOSSi.C7H8O3S/c1-23(2,3)27(19-10-6-4-7-11-19,20-12-8-5-9-13-20)25-22-16-18-17-24-15-14-21(18)26-22;1-6-2-4-7(5-3-6)11(8,9)10/h4-13,16,24H,14-15,17H2,1-3H3;2-5H,1H3,(H,8,9,10). The first-order valence-corrected chi connectivity index (χ1v) is 16.8. The van der Waals surface area contributed by atoms with E-state index >= 15 is 0 Å². The van der Waals surface area contributed by atoms with Crippen molar-refractivity contribution >= 4 is 40.1 Å². The van der Waals surface area contributed by atoms with Crippen LogP contribution in [0.4, 0.5) is 0 Å². The molecule has 4 aromatic rings. The summed E-state index contributed by atoms with van der Waals surface area (Å²) in [5, 5.41) is 7.19. The summed E-state index contributed by atoms with van der Waals surface area (Å²) in [7, 11) is -6.53. The maximum Gasteiger partial charge on any atom is 0.321 e. The van der Waals surface area contributed by atoms with E-state index in [2.05, 4.69) is 92.8 Å². The number of benzene rings is 3. The van der Waals surface area contributed by atoms with Gasteiger partial charge in [0.25, 0.3) is 10.1 Å². The number of hydrogen-bond acceptors (Lipinski definition) is 5. The van der Waals surface area contributed by atoms with Crippen LogP contribution in [0, 0.1) is 6.92 Å². The Morgan fingerprint density at radius 3 is 1.92 bits per heavy atom. The first kappa shape index (κ1) is 28.3. The molecule has 1 aliphatic rings. The molecule has 0 spiro atoms. The minimum absolute atomic E-state index is 0.00154. The van der Waals surface area contributed by atoms with Crippen molar-refractivity contribution in [3.63, 3.8) is 0 Å². The number of nitrogens with one attached hydrogen (secondary N) is 1. The highest BCUT2D eigenvalue weighted by Crippen LogP contribution is 2.40. The van der Waals surface area contributed by atoms with E-state index in [1.54, 1.807) is 12.1 Å². The summed E-state index contributed by atoms with van der Waals surface area (Å²) < 4.78 is 36.7. The van der Waals surface area contributed by atoms with Crippen molar-refractivity contribution in [3.8, 4) is 5.06 Å². The van der Waals surface area contributed by atoms with Gasteiger partial charge in [0.15, 0.2) is 5.06 Å². The van der Waals surface area contributed by atoms with Crippen LogP contribution < -0.4 is 20.1 Å². The maximum atomic E-state index is 10.5. The van der Waals surface area contributed by atoms with Gasteiger partial charge in [-0.15, -0.1) is 11.3 Å². The molecule has 0 saturated carbocycles. The lowest BCUT2D eigenvalue weighted by Crippen LogP contribution is -2.68. The zero-order chi connectivity index (χ0) is 27.4. The van der Waals surface area contributed by atoms with Crippen LogP contribution in [-0.4, -0.2) is 27.8 Å². The molecule has 0 fully saturated rings. The number of aryl methyl sites for hydroxylation is 1. The van der Waals surface area contributed by atoms with Gasteiger partial charge in [-0.1, -0.05) is 99.1 Å². The molecule has 2 heterocycles. The molecule has 0 atom stereocenters. The van der Waals surface area contributed by atoms with Gasteiger partial charge in [-0.2, -0.15) is 8.42 Å². The van der Waals surface area contributed by atoms with Gasteiger partial charge in [0.05, 0.1) is 4.90 Å². The summed E-state index contributed by atoms with van der Waals surface area (Å²) in [6, 6.07) is 30.0. The lowest BCUT2D eigenvalue weighted by atomic mass is 10.1. The van der Waals surface area contributed by atoms with Crippen molar-refractivity contribution in [3.05, 3.63) is 107 Å². The van der Waals surface area contributed by atoms with Crippen LogP contribution >= 0.6 is 11.3 Å². The summed E-state index contributed by atoms with van der Waals surface area (Å²) in [6.45, 7) is 10.8. The highest BCUT2D eigenvalue weighted by atomic mass is 32.2. The molecule has 0 unspecified atom stereocenters. The lowest BCUT2D eigenvalue weighted by molar-refractivity contribution is 0.483. The van der Waals surface area contributed by atoms with Crippen molar-refractivity contribution in [1.82, 2.24) is 5.32 Å². The van der Waals surface area contributed by atoms with E-state index in [-0.39, 0.29) is 9.93 Å². The summed E-state index contributed by atoms with van der Waals surface area (Å²) >= 11 is 1.84. The molecule has 0 amide bonds. The Kier molecular flexibility index (Phi) is 8.59. The molecule has 5 nitrogen and oxygen atoms in total. The molecule has 38 heavy (non-hydrogen) atoms. The third-order valence-corrected chi connectivity index (χ3v) is 13.8. The Morgan fingerprint density at radius 1 is 0.895 bits per heavy atom. The third kappa shape index (κ3) is 6.27. The molecule has 0 aliphatic carbocycles. The van der Waals surface area contributed by atoms with Gasteiger partial charge in [-0.25, -0.2) is 0 Å². The third-order valence-electron chi connectivity index (χ3n) is 6.71. The van der Waals surface area contributed by atoms with E-state index in [0.717, 1.165) is 30.1 Å². The Bertz CT molecular complexity index is 1380. The Morgan fingerprint density at radius 2 is 1.45 bits per heavy atom. The van der Waals surface area contributed by atoms with Crippen molar-refractivity contribution in [1.29, 1.82) is 0 Å². The van der Waals surface area contributed by atoms with Gasteiger partial charge < -0.3 is 9.74 Å². The molecule has 1 aromatic heterocycles. The fourth-order valence-corrected chi connectivity index (χ4v) is 11.0. The van der Waals surface area contributed by atoms with E-state index in [1.165, 1.54) is 32.9 Å². The zero-order valence-corrected chi connectivity index (χ0v) is 24.9. The monoisotopic (exact) mass is 565 g/mol. The maximum absolute atomic E-state index is 10.5. The van der Waals surface area contributed by atoms with Crippen LogP contribution in [0.15, 0.2) is 95.9 Å². The quantitative estimate of drug-likeness (QED) is 0.244. The van der Waals surface area contributed by atoms with Gasteiger partial charge in [-0.3, -0.25) is 4.55 Å². The molecule has 3 aromatic carbocycles. The summed E-state index contributed by atoms with van der Waals surface area (Å²) in [5.74, 6) is 0. The number of hydrogen-bond donors (Lipinski definition) is 2. The Hall–Kier alpha value is -2.75. The largest absolute Gasteiger partial charge is 0.527 e. The molecule has 200 valence electrons. The molecular formula is C30H35NO4S2Si. The first-order chi connectivity index (χ1) is 18.0. The predicted molar refractivity (Wildman–Crippen MR) is 159 cm³/mol. The first-order valence-electron chi connectivity index (χ1n) is 12.7. The fourth-order valence-electron chi connectivity index (χ4n) is 4.79. The van der Waals surface area contributed by atoms with Crippen LogP contribution in [0.2, 0.25) is 5.04 Å². The van der Waals surface area contributed by atoms with Gasteiger partial charge in [0, 0.05) is 18.0 Å². The Labute approximate surface area is 231 Å². The minimum Gasteiger partial charge on any atom is -0.527 e. The number of thiophene rings is 1. The van der Waals surface area contributed by atoms with Crippen molar-refractivity contribution in [2.24, 2.45) is 0 Å². The van der Waals surface area contributed by atoms with Crippen LogP contribution in [0.1, 0.15) is 36.8 Å². The van der Waals surface area contributed by atoms with E-state index in [4.69, 9.17) is 8.98 Å². The SMILES string of the molecule is CC(C)(C)[Si](Oc1cc2c(s1)CCNC2)(c1ccccc1)c1ccccc1.Cc1ccc(S(=O)(=O)O)cc1. The van der Waals surface area contributed by atoms with Crippen LogP contribution in [-0.2, 0) is 23.1 Å². The average molecular weight is 566 g/mol. The molecular weight excluding hydrogens is 531 g/mol. The second-order valence-electron chi connectivity index (χ2n) is 10.5. The summed E-state index contributed by atoms with van der Waals surface area (Å²) in [6.07, 6.45) is 1.10. The summed E-state index contributed by atoms with van der Waals surface area (Å²) in [4.78, 5) is 1.41. The van der Waals surface area contributed by atoms with Crippen molar-refractivity contribution in [2.75, 3.05) is 6.54 Å². The highest BCUT2D eigenvalue weighted by molar-refractivity contribution is 7.85. The molecule has 0 radical (unpaired) electrons. The summed E-state index contributed by atoms with van der Waals surface area (Å²) in [5.41, 5.74) is 2.36. The topological polar surface area (TPSA) is 75.6 Å². The van der Waals surface area contributed by atoms with E-state index < -0.39 is 18.4 Å².